The third-order valence-electron chi connectivity index (χ3n) is 2.42. The molecule has 0 unspecified atom stereocenters. The molecule has 2 aromatic rings. The molecule has 0 aliphatic heterocycles. The molecule has 0 aliphatic carbocycles. The summed E-state index contributed by atoms with van der Waals surface area (Å²) in [5.41, 5.74) is 7.14. The summed E-state index contributed by atoms with van der Waals surface area (Å²) in [6.07, 6.45) is 1.64. The number of nitrogens with zero attached hydrogens (tertiary/aromatic N) is 2. The largest absolute Gasteiger partial charge is 0.409 e. The van der Waals surface area contributed by atoms with Gasteiger partial charge in [-0.05, 0) is 29.8 Å². The Morgan fingerprint density at radius 1 is 1.32 bits per heavy atom. The zero-order valence-electron chi connectivity index (χ0n) is 9.95. The topological polar surface area (TPSA) is 71.5 Å². The van der Waals surface area contributed by atoms with Crippen molar-refractivity contribution in [2.75, 3.05) is 0 Å². The second-order valence-corrected chi connectivity index (χ2v) is 5.26. The quantitative estimate of drug-likeness (QED) is 0.299. The maximum absolute atomic E-state index is 8.62. The van der Waals surface area contributed by atoms with Crippen LogP contribution in [0, 0.1) is 0 Å². The average molecular weight is 294 g/mol. The van der Waals surface area contributed by atoms with E-state index in [2.05, 4.69) is 10.1 Å². The van der Waals surface area contributed by atoms with Gasteiger partial charge in [0, 0.05) is 21.9 Å². The van der Waals surface area contributed by atoms with E-state index in [1.165, 1.54) is 5.56 Å². The van der Waals surface area contributed by atoms with Gasteiger partial charge in [0.1, 0.15) is 5.69 Å². The molecule has 2 rings (SSSR count). The predicted octanol–water partition coefficient (Wildman–Crippen LogP) is 3.12. The van der Waals surface area contributed by atoms with Crippen molar-refractivity contribution in [3.05, 3.63) is 58.9 Å². The molecule has 6 heteroatoms. The molecule has 0 saturated heterocycles. The van der Waals surface area contributed by atoms with Crippen molar-refractivity contribution >= 4 is 29.2 Å². The summed E-state index contributed by atoms with van der Waals surface area (Å²) in [7, 11) is 0. The summed E-state index contributed by atoms with van der Waals surface area (Å²) in [5.74, 6) is 0.825. The number of thioether (sulfide) groups is 1. The second-order valence-electron chi connectivity index (χ2n) is 3.78. The standard InChI is InChI=1S/C13H12ClN3OS/c14-10-3-1-9(2-4-10)8-19-11-5-6-16-12(7-11)13(15)17-18/h1-7,18H,8H2,(H2,15,17). The van der Waals surface area contributed by atoms with Crippen molar-refractivity contribution in [3.8, 4) is 0 Å². The molecule has 19 heavy (non-hydrogen) atoms. The number of amidine groups is 1. The number of benzene rings is 1. The van der Waals surface area contributed by atoms with Crippen molar-refractivity contribution in [2.24, 2.45) is 10.9 Å². The molecule has 4 nitrogen and oxygen atoms in total. The highest BCUT2D eigenvalue weighted by Gasteiger charge is 2.03. The maximum Gasteiger partial charge on any atom is 0.188 e. The van der Waals surface area contributed by atoms with E-state index in [1.807, 2.05) is 30.3 Å². The van der Waals surface area contributed by atoms with Crippen LogP contribution in [0.5, 0.6) is 0 Å². The van der Waals surface area contributed by atoms with Crippen LogP contribution in [0.1, 0.15) is 11.3 Å². The molecule has 1 aromatic heterocycles. The summed E-state index contributed by atoms with van der Waals surface area (Å²) in [4.78, 5) is 5.04. The summed E-state index contributed by atoms with van der Waals surface area (Å²) in [5, 5.41) is 12.3. The zero-order valence-corrected chi connectivity index (χ0v) is 11.5. The molecular formula is C13H12ClN3OS. The van der Waals surface area contributed by atoms with Crippen LogP contribution < -0.4 is 5.73 Å². The summed E-state index contributed by atoms with van der Waals surface area (Å²) in [6.45, 7) is 0. The lowest BCUT2D eigenvalue weighted by molar-refractivity contribution is 0.318. The van der Waals surface area contributed by atoms with Gasteiger partial charge in [0.15, 0.2) is 5.84 Å². The van der Waals surface area contributed by atoms with Crippen LogP contribution in [0.4, 0.5) is 0 Å². The van der Waals surface area contributed by atoms with Crippen LogP contribution in [-0.4, -0.2) is 16.0 Å². The van der Waals surface area contributed by atoms with Gasteiger partial charge in [0.2, 0.25) is 0 Å². The van der Waals surface area contributed by atoms with E-state index in [1.54, 1.807) is 24.0 Å². The Morgan fingerprint density at radius 3 is 2.74 bits per heavy atom. The number of pyridine rings is 1. The van der Waals surface area contributed by atoms with E-state index < -0.39 is 0 Å². The zero-order chi connectivity index (χ0) is 13.7. The van der Waals surface area contributed by atoms with Crippen molar-refractivity contribution in [3.63, 3.8) is 0 Å². The number of nitrogens with two attached hydrogens (primary N) is 1. The monoisotopic (exact) mass is 293 g/mol. The minimum absolute atomic E-state index is 0.00828. The third kappa shape index (κ3) is 3.87. The Hall–Kier alpha value is -1.72. The Labute approximate surface area is 120 Å². The van der Waals surface area contributed by atoms with Gasteiger partial charge in [-0.2, -0.15) is 0 Å². The highest BCUT2D eigenvalue weighted by molar-refractivity contribution is 7.98. The van der Waals surface area contributed by atoms with Crippen LogP contribution in [-0.2, 0) is 5.75 Å². The van der Waals surface area contributed by atoms with Gasteiger partial charge in [-0.15, -0.1) is 11.8 Å². The van der Waals surface area contributed by atoms with Gasteiger partial charge in [0.05, 0.1) is 0 Å². The highest BCUT2D eigenvalue weighted by atomic mass is 35.5. The maximum atomic E-state index is 8.62. The van der Waals surface area contributed by atoms with Gasteiger partial charge in [-0.3, -0.25) is 4.98 Å². The van der Waals surface area contributed by atoms with Crippen LogP contribution in [0.25, 0.3) is 0 Å². The smallest absolute Gasteiger partial charge is 0.188 e. The van der Waals surface area contributed by atoms with Crippen molar-refractivity contribution in [2.45, 2.75) is 10.6 Å². The first-order valence-electron chi connectivity index (χ1n) is 5.50. The molecule has 98 valence electrons. The van der Waals surface area contributed by atoms with Crippen molar-refractivity contribution in [1.29, 1.82) is 0 Å². The molecule has 0 atom stereocenters. The van der Waals surface area contributed by atoms with Gasteiger partial charge in [-0.25, -0.2) is 0 Å². The van der Waals surface area contributed by atoms with Crippen LogP contribution in [0.15, 0.2) is 52.6 Å². The first kappa shape index (κ1) is 13.7. The fourth-order valence-corrected chi connectivity index (χ4v) is 2.44. The normalized spacial score (nSPS) is 11.5. The highest BCUT2D eigenvalue weighted by Crippen LogP contribution is 2.23. The van der Waals surface area contributed by atoms with E-state index in [9.17, 15) is 0 Å². The van der Waals surface area contributed by atoms with E-state index >= 15 is 0 Å². The Kier molecular flexibility index (Phi) is 4.65. The molecule has 1 heterocycles. The summed E-state index contributed by atoms with van der Waals surface area (Å²) in [6, 6.07) is 11.4. The van der Waals surface area contributed by atoms with Crippen LogP contribution in [0.2, 0.25) is 5.02 Å². The van der Waals surface area contributed by atoms with Crippen molar-refractivity contribution < 1.29 is 5.21 Å². The van der Waals surface area contributed by atoms with Gasteiger partial charge < -0.3 is 10.9 Å². The SMILES string of the molecule is N/C(=N/O)c1cc(SCc2ccc(Cl)cc2)ccn1. The minimum Gasteiger partial charge on any atom is -0.409 e. The number of rotatable bonds is 4. The number of oxime groups is 1. The molecule has 0 bridgehead atoms. The van der Waals surface area contributed by atoms with E-state index in [0.29, 0.717) is 5.69 Å². The van der Waals surface area contributed by atoms with E-state index in [4.69, 9.17) is 22.5 Å². The molecule has 0 spiro atoms. The lowest BCUT2D eigenvalue weighted by Gasteiger charge is -2.04. The predicted molar refractivity (Wildman–Crippen MR) is 77.8 cm³/mol. The van der Waals surface area contributed by atoms with Gasteiger partial charge in [0.25, 0.3) is 0 Å². The molecule has 0 fully saturated rings. The molecule has 0 radical (unpaired) electrons. The molecule has 0 amide bonds. The lowest BCUT2D eigenvalue weighted by Crippen LogP contribution is -2.14. The molecule has 0 aliphatic rings. The molecule has 1 aromatic carbocycles. The van der Waals surface area contributed by atoms with Crippen LogP contribution >= 0.6 is 23.4 Å². The number of aromatic nitrogens is 1. The minimum atomic E-state index is 0.00828. The third-order valence-corrected chi connectivity index (χ3v) is 3.74. The Morgan fingerprint density at radius 2 is 2.05 bits per heavy atom. The lowest BCUT2D eigenvalue weighted by atomic mass is 10.2. The summed E-state index contributed by atoms with van der Waals surface area (Å²) >= 11 is 7.48. The fourth-order valence-electron chi connectivity index (χ4n) is 1.44. The van der Waals surface area contributed by atoms with Gasteiger partial charge in [-0.1, -0.05) is 28.9 Å². The number of halogens is 1. The second kappa shape index (κ2) is 6.45. The number of hydrogen-bond acceptors (Lipinski definition) is 4. The Bertz CT molecular complexity index is 587. The first-order chi connectivity index (χ1) is 9.19. The molecular weight excluding hydrogens is 282 g/mol. The fraction of sp³-hybridized carbons (Fsp3) is 0.0769. The Balaban J connectivity index is 2.05. The molecule has 0 saturated carbocycles. The van der Waals surface area contributed by atoms with Crippen molar-refractivity contribution in [1.82, 2.24) is 4.98 Å². The van der Waals surface area contributed by atoms with E-state index in [-0.39, 0.29) is 5.84 Å². The number of hydrogen-bond donors (Lipinski definition) is 2. The van der Waals surface area contributed by atoms with Gasteiger partial charge >= 0.3 is 0 Å². The summed E-state index contributed by atoms with van der Waals surface area (Å²) < 4.78 is 0. The van der Waals surface area contributed by atoms with Crippen LogP contribution in [0.3, 0.4) is 0 Å². The molecule has 3 N–H and O–H groups in total. The van der Waals surface area contributed by atoms with E-state index in [0.717, 1.165) is 15.7 Å². The first-order valence-corrected chi connectivity index (χ1v) is 6.86. The average Bonchev–Trinajstić information content (AvgIpc) is 2.46.